The summed E-state index contributed by atoms with van der Waals surface area (Å²) in [6, 6.07) is 4.23. The van der Waals surface area contributed by atoms with Crippen LogP contribution in [-0.2, 0) is 0 Å². The molecule has 6 heteroatoms. The van der Waals surface area contributed by atoms with Gasteiger partial charge in [0.25, 0.3) is 5.91 Å². The number of carbonyl (C=O) groups is 1. The third-order valence-corrected chi connectivity index (χ3v) is 2.76. The summed E-state index contributed by atoms with van der Waals surface area (Å²) < 4.78 is 5.08. The van der Waals surface area contributed by atoms with E-state index in [4.69, 9.17) is 22.1 Å². The van der Waals surface area contributed by atoms with Crippen LogP contribution in [0.15, 0.2) is 18.2 Å². The number of halogens is 1. The molecule has 1 aromatic carbocycles. The lowest BCUT2D eigenvalue weighted by molar-refractivity contribution is 0.0934. The van der Waals surface area contributed by atoms with Crippen molar-refractivity contribution in [2.45, 2.75) is 19.1 Å². The lowest BCUT2D eigenvalue weighted by Crippen LogP contribution is -2.43. The average Bonchev–Trinajstić information content (AvgIpc) is 2.34. The van der Waals surface area contributed by atoms with Gasteiger partial charge in [0.1, 0.15) is 5.75 Å². The molecule has 2 unspecified atom stereocenters. The molecule has 2 atom stereocenters. The zero-order chi connectivity index (χ0) is 13.7. The van der Waals surface area contributed by atoms with Crippen LogP contribution in [0.5, 0.6) is 5.75 Å². The SMILES string of the molecule is COc1cc(Cl)ccc1C(=O)NCC(N)C(C)O. The van der Waals surface area contributed by atoms with Crippen LogP contribution >= 0.6 is 11.6 Å². The molecule has 0 fully saturated rings. The van der Waals surface area contributed by atoms with E-state index in [9.17, 15) is 9.90 Å². The summed E-state index contributed by atoms with van der Waals surface area (Å²) in [4.78, 5) is 11.9. The minimum Gasteiger partial charge on any atom is -0.496 e. The van der Waals surface area contributed by atoms with Crippen LogP contribution in [0.4, 0.5) is 0 Å². The van der Waals surface area contributed by atoms with Crippen LogP contribution in [0, 0.1) is 0 Å². The molecule has 0 radical (unpaired) electrons. The van der Waals surface area contributed by atoms with Crippen LogP contribution in [-0.4, -0.2) is 36.8 Å². The van der Waals surface area contributed by atoms with E-state index in [2.05, 4.69) is 5.32 Å². The summed E-state index contributed by atoms with van der Waals surface area (Å²) in [5, 5.41) is 12.3. The normalized spacial score (nSPS) is 13.8. The van der Waals surface area contributed by atoms with Gasteiger partial charge in [-0.15, -0.1) is 0 Å². The molecular weight excluding hydrogens is 256 g/mol. The van der Waals surface area contributed by atoms with Crippen LogP contribution in [0.25, 0.3) is 0 Å². The van der Waals surface area contributed by atoms with Gasteiger partial charge in [0.15, 0.2) is 0 Å². The van der Waals surface area contributed by atoms with E-state index < -0.39 is 12.1 Å². The quantitative estimate of drug-likeness (QED) is 0.740. The van der Waals surface area contributed by atoms with E-state index in [1.54, 1.807) is 25.1 Å². The highest BCUT2D eigenvalue weighted by Gasteiger charge is 2.15. The molecule has 0 aliphatic rings. The number of aliphatic hydroxyl groups is 1. The van der Waals surface area contributed by atoms with Gasteiger partial charge in [0, 0.05) is 17.6 Å². The molecule has 0 heterocycles. The van der Waals surface area contributed by atoms with Gasteiger partial charge in [0.2, 0.25) is 0 Å². The molecule has 5 nitrogen and oxygen atoms in total. The summed E-state index contributed by atoms with van der Waals surface area (Å²) >= 11 is 5.80. The first-order valence-electron chi connectivity index (χ1n) is 5.51. The minimum atomic E-state index is -0.683. The van der Waals surface area contributed by atoms with E-state index in [0.717, 1.165) is 0 Å². The lowest BCUT2D eigenvalue weighted by Gasteiger charge is -2.16. The molecule has 1 rings (SSSR count). The number of rotatable bonds is 5. The van der Waals surface area contributed by atoms with Crippen molar-refractivity contribution in [3.63, 3.8) is 0 Å². The predicted molar refractivity (Wildman–Crippen MR) is 70.0 cm³/mol. The maximum absolute atomic E-state index is 11.9. The monoisotopic (exact) mass is 272 g/mol. The fraction of sp³-hybridized carbons (Fsp3) is 0.417. The molecule has 0 spiro atoms. The minimum absolute atomic E-state index is 0.183. The molecule has 0 bridgehead atoms. The van der Waals surface area contributed by atoms with Gasteiger partial charge >= 0.3 is 0 Å². The predicted octanol–water partition coefficient (Wildman–Crippen LogP) is 0.786. The highest BCUT2D eigenvalue weighted by Crippen LogP contribution is 2.22. The number of nitrogens with two attached hydrogens (primary N) is 1. The standard InChI is InChI=1S/C12H17ClN2O3/c1-7(16)10(14)6-15-12(17)9-4-3-8(13)5-11(9)18-2/h3-5,7,10,16H,6,14H2,1-2H3,(H,15,17). The van der Waals surface area contributed by atoms with Crippen LogP contribution < -0.4 is 15.8 Å². The van der Waals surface area contributed by atoms with Crippen molar-refractivity contribution < 1.29 is 14.6 Å². The Balaban J connectivity index is 2.72. The maximum Gasteiger partial charge on any atom is 0.255 e. The molecule has 0 aliphatic carbocycles. The molecule has 4 N–H and O–H groups in total. The number of methoxy groups -OCH3 is 1. The fourth-order valence-corrected chi connectivity index (χ4v) is 1.49. The first-order valence-corrected chi connectivity index (χ1v) is 5.89. The van der Waals surface area contributed by atoms with Crippen LogP contribution in [0.3, 0.4) is 0 Å². The summed E-state index contributed by atoms with van der Waals surface area (Å²) in [5.41, 5.74) is 6.00. The Morgan fingerprint density at radius 2 is 2.28 bits per heavy atom. The van der Waals surface area contributed by atoms with E-state index in [-0.39, 0.29) is 12.5 Å². The van der Waals surface area contributed by atoms with Gasteiger partial charge in [-0.05, 0) is 25.1 Å². The Morgan fingerprint density at radius 1 is 1.61 bits per heavy atom. The van der Waals surface area contributed by atoms with Crippen molar-refractivity contribution in [3.05, 3.63) is 28.8 Å². The second-order valence-electron chi connectivity index (χ2n) is 3.96. The molecule has 18 heavy (non-hydrogen) atoms. The smallest absolute Gasteiger partial charge is 0.255 e. The summed E-state index contributed by atoms with van der Waals surface area (Å²) in [7, 11) is 1.46. The second-order valence-corrected chi connectivity index (χ2v) is 4.40. The van der Waals surface area contributed by atoms with E-state index in [1.807, 2.05) is 0 Å². The number of aliphatic hydroxyl groups excluding tert-OH is 1. The molecule has 0 aliphatic heterocycles. The molecule has 1 aromatic rings. The molecule has 1 amide bonds. The van der Waals surface area contributed by atoms with E-state index >= 15 is 0 Å². The van der Waals surface area contributed by atoms with E-state index in [0.29, 0.717) is 16.3 Å². The first-order chi connectivity index (χ1) is 8.45. The highest BCUT2D eigenvalue weighted by atomic mass is 35.5. The van der Waals surface area contributed by atoms with Crippen molar-refractivity contribution in [1.29, 1.82) is 0 Å². The number of amides is 1. The third kappa shape index (κ3) is 3.87. The summed E-state index contributed by atoms with van der Waals surface area (Å²) in [6.45, 7) is 1.75. The molecular formula is C12H17ClN2O3. The Labute approximate surface area is 111 Å². The number of benzene rings is 1. The van der Waals surface area contributed by atoms with Gasteiger partial charge in [-0.3, -0.25) is 4.79 Å². The Hall–Kier alpha value is -1.30. The molecule has 0 aromatic heterocycles. The van der Waals surface area contributed by atoms with Crippen molar-refractivity contribution in [2.75, 3.05) is 13.7 Å². The second kappa shape index (κ2) is 6.58. The number of hydrogen-bond acceptors (Lipinski definition) is 4. The number of carbonyl (C=O) groups excluding carboxylic acids is 1. The lowest BCUT2D eigenvalue weighted by atomic mass is 10.1. The van der Waals surface area contributed by atoms with Gasteiger partial charge in [0.05, 0.1) is 18.8 Å². The van der Waals surface area contributed by atoms with Crippen LogP contribution in [0.2, 0.25) is 5.02 Å². The van der Waals surface area contributed by atoms with Crippen molar-refractivity contribution in [3.8, 4) is 5.75 Å². The van der Waals surface area contributed by atoms with Crippen molar-refractivity contribution in [1.82, 2.24) is 5.32 Å². The fourth-order valence-electron chi connectivity index (χ4n) is 1.33. The zero-order valence-electron chi connectivity index (χ0n) is 10.3. The highest BCUT2D eigenvalue weighted by molar-refractivity contribution is 6.30. The van der Waals surface area contributed by atoms with Crippen molar-refractivity contribution in [2.24, 2.45) is 5.73 Å². The maximum atomic E-state index is 11.9. The Kier molecular flexibility index (Phi) is 5.40. The van der Waals surface area contributed by atoms with Gasteiger partial charge < -0.3 is 20.9 Å². The summed E-state index contributed by atoms with van der Waals surface area (Å²) in [6.07, 6.45) is -0.683. The topological polar surface area (TPSA) is 84.6 Å². The zero-order valence-corrected chi connectivity index (χ0v) is 11.1. The van der Waals surface area contributed by atoms with Crippen LogP contribution in [0.1, 0.15) is 17.3 Å². The number of ether oxygens (including phenoxy) is 1. The Bertz CT molecular complexity index is 424. The number of nitrogens with one attached hydrogen (secondary N) is 1. The molecule has 0 saturated heterocycles. The van der Waals surface area contributed by atoms with Gasteiger partial charge in [-0.2, -0.15) is 0 Å². The van der Waals surface area contributed by atoms with Crippen molar-refractivity contribution >= 4 is 17.5 Å². The average molecular weight is 273 g/mol. The van der Waals surface area contributed by atoms with Gasteiger partial charge in [-0.1, -0.05) is 11.6 Å². The Morgan fingerprint density at radius 3 is 2.83 bits per heavy atom. The molecule has 100 valence electrons. The summed E-state index contributed by atoms with van der Waals surface area (Å²) in [5.74, 6) is 0.0743. The molecule has 0 saturated carbocycles. The number of hydrogen-bond donors (Lipinski definition) is 3. The van der Waals surface area contributed by atoms with Gasteiger partial charge in [-0.25, -0.2) is 0 Å². The van der Waals surface area contributed by atoms with E-state index in [1.165, 1.54) is 7.11 Å². The third-order valence-electron chi connectivity index (χ3n) is 2.53. The first kappa shape index (κ1) is 14.8. The largest absolute Gasteiger partial charge is 0.496 e.